The van der Waals surface area contributed by atoms with Crippen LogP contribution in [0.2, 0.25) is 0 Å². The molecule has 0 amide bonds. The van der Waals surface area contributed by atoms with E-state index in [1.165, 1.54) is 18.2 Å². The van der Waals surface area contributed by atoms with E-state index in [1.807, 2.05) is 30.3 Å². The van der Waals surface area contributed by atoms with Gasteiger partial charge < -0.3 is 14.2 Å². The second-order valence-electron chi connectivity index (χ2n) is 9.51. The molecule has 188 valence electrons. The van der Waals surface area contributed by atoms with E-state index in [-0.39, 0.29) is 41.8 Å². The molecule has 0 saturated carbocycles. The van der Waals surface area contributed by atoms with E-state index in [1.54, 1.807) is 22.8 Å². The van der Waals surface area contributed by atoms with E-state index in [0.717, 1.165) is 61.4 Å². The van der Waals surface area contributed by atoms with Crippen LogP contribution in [0.25, 0.3) is 11.1 Å². The Bertz CT molecular complexity index is 1420. The monoisotopic (exact) mass is 511 g/mol. The number of unbranched alkanes of at least 4 members (excludes halogenated alkanes) is 1. The van der Waals surface area contributed by atoms with Crippen molar-refractivity contribution in [3.05, 3.63) is 94.5 Å². The highest BCUT2D eigenvalue weighted by Crippen LogP contribution is 2.48. The maximum atomic E-state index is 14.2. The minimum Gasteiger partial charge on any atom is -0.408 e. The van der Waals surface area contributed by atoms with E-state index in [9.17, 15) is 13.6 Å². The van der Waals surface area contributed by atoms with E-state index >= 15 is 0 Å². The van der Waals surface area contributed by atoms with Crippen LogP contribution in [0.3, 0.4) is 0 Å². The van der Waals surface area contributed by atoms with Gasteiger partial charge in [-0.2, -0.15) is 0 Å². The summed E-state index contributed by atoms with van der Waals surface area (Å²) in [6.07, 6.45) is 2.78. The smallest absolute Gasteiger partial charge is 0.408 e. The Morgan fingerprint density at radius 2 is 1.67 bits per heavy atom. The zero-order chi connectivity index (χ0) is 23.9. The minimum atomic E-state index is -0.308. The Morgan fingerprint density at radius 3 is 2.50 bits per heavy atom. The van der Waals surface area contributed by atoms with Gasteiger partial charge in [0.2, 0.25) is 0 Å². The standard InChI is InChI=1S/C28H27F2N3O2.ClH/c29-19-7-10-21(11-8-19)33-24-12-9-20(30)17-22(24)23-18-31(16-13-25(23)33)14-3-4-15-32-26-5-1-2-6-27(26)35-28(32)34;/h1-2,5-12,17,23,25H,3-4,13-16,18H2;1H. The number of halogens is 3. The van der Waals surface area contributed by atoms with Crippen LogP contribution in [0.15, 0.2) is 75.9 Å². The van der Waals surface area contributed by atoms with E-state index in [4.69, 9.17) is 4.42 Å². The van der Waals surface area contributed by atoms with Crippen molar-refractivity contribution in [1.82, 2.24) is 9.47 Å². The Labute approximate surface area is 214 Å². The van der Waals surface area contributed by atoms with Crippen molar-refractivity contribution < 1.29 is 13.2 Å². The summed E-state index contributed by atoms with van der Waals surface area (Å²) in [4.78, 5) is 16.9. The number of benzene rings is 3. The number of piperidine rings is 1. The predicted molar refractivity (Wildman–Crippen MR) is 139 cm³/mol. The Kier molecular flexibility index (Phi) is 6.86. The Balaban J connectivity index is 0.00000267. The third-order valence-corrected chi connectivity index (χ3v) is 7.43. The molecule has 8 heteroatoms. The topological polar surface area (TPSA) is 41.6 Å². The summed E-state index contributed by atoms with van der Waals surface area (Å²) < 4.78 is 34.8. The van der Waals surface area contributed by atoms with Crippen molar-refractivity contribution >= 4 is 34.9 Å². The summed E-state index contributed by atoms with van der Waals surface area (Å²) >= 11 is 0. The molecule has 2 atom stereocenters. The zero-order valence-corrected chi connectivity index (χ0v) is 20.6. The summed E-state index contributed by atoms with van der Waals surface area (Å²) in [5.74, 6) is -0.597. The van der Waals surface area contributed by atoms with Crippen molar-refractivity contribution in [2.75, 3.05) is 24.5 Å². The van der Waals surface area contributed by atoms with Gasteiger partial charge in [-0.1, -0.05) is 12.1 Å². The molecule has 0 N–H and O–H groups in total. The van der Waals surface area contributed by atoms with E-state index in [0.29, 0.717) is 12.1 Å². The molecule has 0 radical (unpaired) electrons. The lowest BCUT2D eigenvalue weighted by Gasteiger charge is -2.39. The van der Waals surface area contributed by atoms with Gasteiger partial charge in [-0.25, -0.2) is 13.6 Å². The van der Waals surface area contributed by atoms with Gasteiger partial charge in [0.1, 0.15) is 11.6 Å². The molecular formula is C28H28ClF2N3O2. The molecule has 3 aromatic carbocycles. The largest absolute Gasteiger partial charge is 0.419 e. The number of fused-ring (bicyclic) bond motifs is 4. The summed E-state index contributed by atoms with van der Waals surface area (Å²) in [6, 6.07) is 19.3. The summed E-state index contributed by atoms with van der Waals surface area (Å²) in [7, 11) is 0. The quantitative estimate of drug-likeness (QED) is 0.294. The number of nitrogens with zero attached hydrogens (tertiary/aromatic N) is 3. The zero-order valence-electron chi connectivity index (χ0n) is 19.8. The number of hydrogen-bond acceptors (Lipinski definition) is 4. The molecule has 2 aliphatic rings. The van der Waals surface area contributed by atoms with Gasteiger partial charge in [0, 0.05) is 43.0 Å². The fourth-order valence-corrected chi connectivity index (χ4v) is 5.81. The summed E-state index contributed by atoms with van der Waals surface area (Å²) in [6.45, 7) is 3.36. The van der Waals surface area contributed by atoms with Crippen molar-refractivity contribution in [2.24, 2.45) is 0 Å². The van der Waals surface area contributed by atoms with Gasteiger partial charge in [-0.05, 0) is 86.0 Å². The average Bonchev–Trinajstić information content (AvgIpc) is 3.36. The number of oxazole rings is 1. The molecule has 0 aliphatic carbocycles. The van der Waals surface area contributed by atoms with Crippen LogP contribution in [-0.2, 0) is 6.54 Å². The van der Waals surface area contributed by atoms with Gasteiger partial charge in [-0.3, -0.25) is 4.57 Å². The molecule has 1 aromatic heterocycles. The second-order valence-corrected chi connectivity index (χ2v) is 9.51. The lowest BCUT2D eigenvalue weighted by atomic mass is 9.89. The highest BCUT2D eigenvalue weighted by molar-refractivity contribution is 5.85. The molecule has 0 bridgehead atoms. The van der Waals surface area contributed by atoms with Crippen molar-refractivity contribution in [3.8, 4) is 0 Å². The average molecular weight is 512 g/mol. The summed E-state index contributed by atoms with van der Waals surface area (Å²) in [5, 5.41) is 0. The van der Waals surface area contributed by atoms with Gasteiger partial charge in [0.15, 0.2) is 5.58 Å². The molecule has 2 aliphatic heterocycles. The molecule has 36 heavy (non-hydrogen) atoms. The predicted octanol–water partition coefficient (Wildman–Crippen LogP) is 6.08. The summed E-state index contributed by atoms with van der Waals surface area (Å²) in [5.41, 5.74) is 4.45. The third kappa shape index (κ3) is 4.42. The highest BCUT2D eigenvalue weighted by atomic mass is 35.5. The van der Waals surface area contributed by atoms with Crippen molar-refractivity contribution in [2.45, 2.75) is 37.8 Å². The third-order valence-electron chi connectivity index (χ3n) is 7.43. The Hall–Kier alpha value is -3.16. The number of likely N-dealkylation sites (tertiary alicyclic amines) is 1. The van der Waals surface area contributed by atoms with Crippen LogP contribution in [0, 0.1) is 11.6 Å². The Morgan fingerprint density at radius 1 is 0.917 bits per heavy atom. The van der Waals surface area contributed by atoms with Crippen molar-refractivity contribution in [3.63, 3.8) is 0 Å². The highest BCUT2D eigenvalue weighted by Gasteiger charge is 2.42. The van der Waals surface area contributed by atoms with Gasteiger partial charge in [0.05, 0.1) is 5.52 Å². The SMILES string of the molecule is Cl.O=c1oc2ccccc2n1CCCCN1CCC2C(C1)c1cc(F)ccc1N2c1ccc(F)cc1. The molecular weight excluding hydrogens is 484 g/mol. The molecule has 6 rings (SSSR count). The maximum absolute atomic E-state index is 14.2. The lowest BCUT2D eigenvalue weighted by Crippen LogP contribution is -2.45. The van der Waals surface area contributed by atoms with E-state index in [2.05, 4.69) is 9.80 Å². The van der Waals surface area contributed by atoms with E-state index < -0.39 is 0 Å². The van der Waals surface area contributed by atoms with Crippen LogP contribution in [0.5, 0.6) is 0 Å². The maximum Gasteiger partial charge on any atom is 0.419 e. The lowest BCUT2D eigenvalue weighted by molar-refractivity contribution is 0.192. The van der Waals surface area contributed by atoms with Crippen LogP contribution in [0.1, 0.15) is 30.7 Å². The van der Waals surface area contributed by atoms with Crippen LogP contribution < -0.4 is 10.7 Å². The minimum absolute atomic E-state index is 0. The number of rotatable bonds is 6. The number of aryl methyl sites for hydroxylation is 1. The molecule has 4 aromatic rings. The van der Waals surface area contributed by atoms with Gasteiger partial charge in [-0.15, -0.1) is 12.4 Å². The van der Waals surface area contributed by atoms with Gasteiger partial charge >= 0.3 is 5.76 Å². The first kappa shape index (κ1) is 24.5. The first-order chi connectivity index (χ1) is 17.1. The molecule has 1 fully saturated rings. The van der Waals surface area contributed by atoms with Crippen LogP contribution in [0.4, 0.5) is 20.2 Å². The number of para-hydroxylation sites is 2. The number of aromatic nitrogens is 1. The normalized spacial score (nSPS) is 19.2. The molecule has 3 heterocycles. The first-order valence-corrected chi connectivity index (χ1v) is 12.2. The molecule has 1 saturated heterocycles. The van der Waals surface area contributed by atoms with Crippen LogP contribution in [-0.4, -0.2) is 35.1 Å². The first-order valence-electron chi connectivity index (χ1n) is 12.2. The fourth-order valence-electron chi connectivity index (χ4n) is 5.81. The van der Waals surface area contributed by atoms with Crippen molar-refractivity contribution in [1.29, 1.82) is 0 Å². The molecule has 0 spiro atoms. The van der Waals surface area contributed by atoms with Gasteiger partial charge in [0.25, 0.3) is 0 Å². The molecule has 2 unspecified atom stereocenters. The number of anilines is 2. The van der Waals surface area contributed by atoms with Crippen LogP contribution >= 0.6 is 12.4 Å². The number of hydrogen-bond donors (Lipinski definition) is 0. The fraction of sp³-hybridized carbons (Fsp3) is 0.321. The molecule has 5 nitrogen and oxygen atoms in total. The second kappa shape index (κ2) is 10.1.